The smallest absolute Gasteiger partial charge is 0.241 e. The Morgan fingerprint density at radius 1 is 1.42 bits per heavy atom. The van der Waals surface area contributed by atoms with Gasteiger partial charge >= 0.3 is 0 Å². The average Bonchev–Trinajstić information content (AvgIpc) is 2.36. The molecule has 19 heavy (non-hydrogen) atoms. The van der Waals surface area contributed by atoms with E-state index in [0.29, 0.717) is 18.9 Å². The van der Waals surface area contributed by atoms with E-state index in [0.717, 1.165) is 17.9 Å². The van der Waals surface area contributed by atoms with Crippen molar-refractivity contribution in [2.75, 3.05) is 11.9 Å². The monoisotopic (exact) mass is 264 g/mol. The van der Waals surface area contributed by atoms with Crippen molar-refractivity contribution in [1.82, 2.24) is 0 Å². The van der Waals surface area contributed by atoms with Crippen LogP contribution in [0.2, 0.25) is 0 Å². The molecule has 1 unspecified atom stereocenters. The SMILES string of the molecule is CCCOc1cccc(NC(=O)C(N)CC(C)C)c1. The fourth-order valence-electron chi connectivity index (χ4n) is 1.73. The molecule has 4 heteroatoms. The van der Waals surface area contributed by atoms with Crippen LogP contribution in [0.1, 0.15) is 33.6 Å². The predicted octanol–water partition coefficient (Wildman–Crippen LogP) is 2.79. The van der Waals surface area contributed by atoms with Crippen LogP contribution >= 0.6 is 0 Å². The minimum absolute atomic E-state index is 0.152. The van der Waals surface area contributed by atoms with Gasteiger partial charge in [0.05, 0.1) is 12.6 Å². The lowest BCUT2D eigenvalue weighted by Gasteiger charge is -2.14. The van der Waals surface area contributed by atoms with E-state index >= 15 is 0 Å². The molecule has 1 atom stereocenters. The number of amides is 1. The van der Waals surface area contributed by atoms with Crippen molar-refractivity contribution in [1.29, 1.82) is 0 Å². The van der Waals surface area contributed by atoms with E-state index in [9.17, 15) is 4.79 Å². The Kier molecular flexibility index (Phi) is 6.36. The van der Waals surface area contributed by atoms with E-state index in [1.165, 1.54) is 0 Å². The first kappa shape index (κ1) is 15.5. The Morgan fingerprint density at radius 3 is 2.79 bits per heavy atom. The van der Waals surface area contributed by atoms with Gasteiger partial charge in [0.15, 0.2) is 0 Å². The summed E-state index contributed by atoms with van der Waals surface area (Å²) in [6.07, 6.45) is 1.63. The molecule has 4 nitrogen and oxygen atoms in total. The minimum atomic E-state index is -0.472. The van der Waals surface area contributed by atoms with Crippen LogP contribution in [0.15, 0.2) is 24.3 Å². The zero-order valence-corrected chi connectivity index (χ0v) is 12.0. The van der Waals surface area contributed by atoms with Crippen molar-refractivity contribution in [2.24, 2.45) is 11.7 Å². The summed E-state index contributed by atoms with van der Waals surface area (Å²) in [6.45, 7) is 6.82. The van der Waals surface area contributed by atoms with E-state index in [1.54, 1.807) is 0 Å². The van der Waals surface area contributed by atoms with Gasteiger partial charge in [0.2, 0.25) is 5.91 Å². The number of nitrogens with one attached hydrogen (secondary N) is 1. The normalized spacial score (nSPS) is 12.3. The lowest BCUT2D eigenvalue weighted by Crippen LogP contribution is -2.36. The van der Waals surface area contributed by atoms with Crippen molar-refractivity contribution < 1.29 is 9.53 Å². The Hall–Kier alpha value is -1.55. The maximum Gasteiger partial charge on any atom is 0.241 e. The Balaban J connectivity index is 2.58. The molecule has 0 aliphatic heterocycles. The summed E-state index contributed by atoms with van der Waals surface area (Å²) in [5.41, 5.74) is 6.56. The molecule has 1 aromatic rings. The van der Waals surface area contributed by atoms with Crippen LogP contribution in [0.5, 0.6) is 5.75 Å². The van der Waals surface area contributed by atoms with Crippen LogP contribution < -0.4 is 15.8 Å². The molecule has 0 fully saturated rings. The molecule has 0 saturated heterocycles. The highest BCUT2D eigenvalue weighted by atomic mass is 16.5. The predicted molar refractivity (Wildman–Crippen MR) is 78.3 cm³/mol. The molecule has 106 valence electrons. The first-order valence-electron chi connectivity index (χ1n) is 6.82. The fourth-order valence-corrected chi connectivity index (χ4v) is 1.73. The summed E-state index contributed by atoms with van der Waals surface area (Å²) in [5, 5.41) is 2.82. The van der Waals surface area contributed by atoms with E-state index < -0.39 is 6.04 Å². The molecular formula is C15H24N2O2. The zero-order valence-electron chi connectivity index (χ0n) is 12.0. The van der Waals surface area contributed by atoms with Crippen LogP contribution in [0.3, 0.4) is 0 Å². The van der Waals surface area contributed by atoms with Gasteiger partial charge in [0.25, 0.3) is 0 Å². The molecular weight excluding hydrogens is 240 g/mol. The summed E-state index contributed by atoms with van der Waals surface area (Å²) in [6, 6.07) is 6.91. The van der Waals surface area contributed by atoms with Crippen LogP contribution in [0.4, 0.5) is 5.69 Å². The van der Waals surface area contributed by atoms with Gasteiger partial charge in [-0.15, -0.1) is 0 Å². The number of anilines is 1. The number of benzene rings is 1. The van der Waals surface area contributed by atoms with Crippen LogP contribution in [0.25, 0.3) is 0 Å². The summed E-state index contributed by atoms with van der Waals surface area (Å²) in [7, 11) is 0. The average molecular weight is 264 g/mol. The Labute approximate surface area is 115 Å². The van der Waals surface area contributed by atoms with Gasteiger partial charge in [0, 0.05) is 11.8 Å². The fraction of sp³-hybridized carbons (Fsp3) is 0.533. The van der Waals surface area contributed by atoms with Crippen molar-refractivity contribution in [3.8, 4) is 5.75 Å². The first-order chi connectivity index (χ1) is 9.02. The second kappa shape index (κ2) is 7.79. The molecule has 0 aliphatic rings. The number of ether oxygens (including phenoxy) is 1. The number of carbonyl (C=O) groups is 1. The third-order valence-electron chi connectivity index (χ3n) is 2.64. The second-order valence-electron chi connectivity index (χ2n) is 5.10. The molecule has 0 radical (unpaired) electrons. The van der Waals surface area contributed by atoms with E-state index in [2.05, 4.69) is 12.2 Å². The maximum atomic E-state index is 11.9. The van der Waals surface area contributed by atoms with Crippen LogP contribution in [0, 0.1) is 5.92 Å². The standard InChI is InChI=1S/C15H24N2O2/c1-4-8-19-13-7-5-6-12(10-13)17-15(18)14(16)9-11(2)3/h5-7,10-11,14H,4,8-9,16H2,1-3H3,(H,17,18). The van der Waals surface area contributed by atoms with Gasteiger partial charge < -0.3 is 15.8 Å². The molecule has 0 heterocycles. The highest BCUT2D eigenvalue weighted by molar-refractivity contribution is 5.94. The summed E-state index contributed by atoms with van der Waals surface area (Å²) in [5.74, 6) is 1.01. The summed E-state index contributed by atoms with van der Waals surface area (Å²) >= 11 is 0. The lowest BCUT2D eigenvalue weighted by atomic mass is 10.0. The molecule has 3 N–H and O–H groups in total. The summed E-state index contributed by atoms with van der Waals surface area (Å²) in [4.78, 5) is 11.9. The molecule has 0 aliphatic carbocycles. The van der Waals surface area contributed by atoms with E-state index in [4.69, 9.17) is 10.5 Å². The van der Waals surface area contributed by atoms with Gasteiger partial charge in [-0.2, -0.15) is 0 Å². The third kappa shape index (κ3) is 5.75. The highest BCUT2D eigenvalue weighted by Crippen LogP contribution is 2.18. The molecule has 1 rings (SSSR count). The minimum Gasteiger partial charge on any atom is -0.494 e. The van der Waals surface area contributed by atoms with Crippen LogP contribution in [-0.2, 0) is 4.79 Å². The Bertz CT molecular complexity index is 405. The highest BCUT2D eigenvalue weighted by Gasteiger charge is 2.15. The second-order valence-corrected chi connectivity index (χ2v) is 5.10. The van der Waals surface area contributed by atoms with Crippen molar-refractivity contribution in [2.45, 2.75) is 39.7 Å². The van der Waals surface area contributed by atoms with E-state index in [-0.39, 0.29) is 5.91 Å². The quantitative estimate of drug-likeness (QED) is 0.796. The van der Waals surface area contributed by atoms with E-state index in [1.807, 2.05) is 38.1 Å². The summed E-state index contributed by atoms with van der Waals surface area (Å²) < 4.78 is 5.52. The number of nitrogens with two attached hydrogens (primary N) is 1. The van der Waals surface area contributed by atoms with Crippen molar-refractivity contribution in [3.63, 3.8) is 0 Å². The van der Waals surface area contributed by atoms with Gasteiger partial charge in [-0.05, 0) is 30.9 Å². The van der Waals surface area contributed by atoms with Crippen molar-refractivity contribution >= 4 is 11.6 Å². The molecule has 0 spiro atoms. The number of carbonyl (C=O) groups excluding carboxylic acids is 1. The molecule has 0 aromatic heterocycles. The van der Waals surface area contributed by atoms with Crippen LogP contribution in [-0.4, -0.2) is 18.6 Å². The largest absolute Gasteiger partial charge is 0.494 e. The van der Waals surface area contributed by atoms with Gasteiger partial charge in [0.1, 0.15) is 5.75 Å². The van der Waals surface area contributed by atoms with Gasteiger partial charge in [-0.25, -0.2) is 0 Å². The molecule has 1 aromatic carbocycles. The van der Waals surface area contributed by atoms with Gasteiger partial charge in [-0.3, -0.25) is 4.79 Å². The topological polar surface area (TPSA) is 64.3 Å². The lowest BCUT2D eigenvalue weighted by molar-refractivity contribution is -0.117. The molecule has 1 amide bonds. The Morgan fingerprint density at radius 2 is 2.16 bits per heavy atom. The zero-order chi connectivity index (χ0) is 14.3. The third-order valence-corrected chi connectivity index (χ3v) is 2.64. The van der Waals surface area contributed by atoms with Gasteiger partial charge in [-0.1, -0.05) is 26.8 Å². The number of hydrogen-bond donors (Lipinski definition) is 2. The maximum absolute atomic E-state index is 11.9. The number of rotatable bonds is 7. The molecule has 0 saturated carbocycles. The first-order valence-corrected chi connectivity index (χ1v) is 6.82. The van der Waals surface area contributed by atoms with Crippen molar-refractivity contribution in [3.05, 3.63) is 24.3 Å². The molecule has 0 bridgehead atoms. The number of hydrogen-bond acceptors (Lipinski definition) is 3.